The first-order valence-corrected chi connectivity index (χ1v) is 8.94. The summed E-state index contributed by atoms with van der Waals surface area (Å²) in [5.74, 6) is 3.16. The average Bonchev–Trinajstić information content (AvgIpc) is 3.31. The molecule has 5 nitrogen and oxygen atoms in total. The van der Waals surface area contributed by atoms with E-state index in [-0.39, 0.29) is 19.0 Å². The molecule has 3 heterocycles. The third-order valence-corrected chi connectivity index (χ3v) is 5.93. The fraction of sp³-hybridized carbons (Fsp3) is 0.200. The predicted molar refractivity (Wildman–Crippen MR) is 102 cm³/mol. The summed E-state index contributed by atoms with van der Waals surface area (Å²) in [6, 6.07) is 12.4. The topological polar surface area (TPSA) is 40.2 Å². The highest BCUT2D eigenvalue weighted by atomic mass is 32.1. The van der Waals surface area contributed by atoms with E-state index >= 15 is 0 Å². The van der Waals surface area contributed by atoms with Crippen LogP contribution in [0.1, 0.15) is 10.9 Å². The normalized spacial score (nSPS) is 18.8. The molecule has 0 radical (unpaired) electrons. The number of rotatable bonds is 0. The van der Waals surface area contributed by atoms with Crippen LogP contribution in [0.4, 0.5) is 5.69 Å². The lowest BCUT2D eigenvalue weighted by atomic mass is 9.89. The number of ether oxygens (including phenoxy) is 4. The average molecular weight is 365 g/mol. The van der Waals surface area contributed by atoms with Crippen molar-refractivity contribution >= 4 is 29.1 Å². The van der Waals surface area contributed by atoms with Gasteiger partial charge in [-0.25, -0.2) is 0 Å². The number of fused-ring (bicyclic) bond motifs is 8. The molecular formula is C20H15NO4S. The predicted octanol–water partition coefficient (Wildman–Crippen LogP) is 4.34. The molecule has 0 saturated carbocycles. The summed E-state index contributed by atoms with van der Waals surface area (Å²) in [6.45, 7) is 0.523. The summed E-state index contributed by atoms with van der Waals surface area (Å²) >= 11 is 4.90. The number of hydrogen-bond donors (Lipinski definition) is 1. The molecule has 0 aromatic heterocycles. The Morgan fingerprint density at radius 3 is 2.50 bits per heavy atom. The zero-order chi connectivity index (χ0) is 17.4. The van der Waals surface area contributed by atoms with Crippen molar-refractivity contribution in [2.45, 2.75) is 5.37 Å². The molecule has 6 rings (SSSR count). The minimum absolute atomic E-state index is 0.134. The van der Waals surface area contributed by atoms with E-state index in [0.717, 1.165) is 56.1 Å². The third kappa shape index (κ3) is 1.72. The zero-order valence-electron chi connectivity index (χ0n) is 14.0. The number of nitrogens with zero attached hydrogens (tertiary/aromatic N) is 1. The Bertz CT molecular complexity index is 1100. The first-order chi connectivity index (χ1) is 12.7. The largest absolute Gasteiger partial charge is 0.454 e. The van der Waals surface area contributed by atoms with Gasteiger partial charge in [-0.05, 0) is 35.2 Å². The molecule has 3 aliphatic rings. The highest BCUT2D eigenvalue weighted by Gasteiger charge is 2.34. The van der Waals surface area contributed by atoms with E-state index in [9.17, 15) is 0 Å². The molecule has 26 heavy (non-hydrogen) atoms. The summed E-state index contributed by atoms with van der Waals surface area (Å²) in [6.07, 6.45) is 0. The Morgan fingerprint density at radius 2 is 1.62 bits per heavy atom. The molecule has 6 heteroatoms. The van der Waals surface area contributed by atoms with Crippen molar-refractivity contribution in [3.63, 3.8) is 0 Å². The Kier molecular flexibility index (Phi) is 2.73. The van der Waals surface area contributed by atoms with Gasteiger partial charge in [-0.2, -0.15) is 0 Å². The van der Waals surface area contributed by atoms with Gasteiger partial charge < -0.3 is 23.8 Å². The van der Waals surface area contributed by atoms with Gasteiger partial charge in [-0.15, -0.1) is 12.6 Å². The number of thiol groups is 1. The third-order valence-electron chi connectivity index (χ3n) is 5.33. The second-order valence-electron chi connectivity index (χ2n) is 6.63. The number of anilines is 1. The molecule has 0 amide bonds. The molecule has 3 aromatic carbocycles. The molecule has 0 unspecified atom stereocenters. The second-order valence-corrected chi connectivity index (χ2v) is 7.12. The van der Waals surface area contributed by atoms with E-state index in [2.05, 4.69) is 36.2 Å². The van der Waals surface area contributed by atoms with Crippen LogP contribution >= 0.6 is 12.6 Å². The van der Waals surface area contributed by atoms with Crippen molar-refractivity contribution in [3.05, 3.63) is 42.0 Å². The van der Waals surface area contributed by atoms with Crippen molar-refractivity contribution in [1.29, 1.82) is 0 Å². The van der Waals surface area contributed by atoms with Crippen LogP contribution in [-0.2, 0) is 0 Å². The SMILES string of the molecule is CN1c2c(ccc3cc4c(cc23)OCO4)-c2ccc3c(c2[C@@H]1S)OCO3. The maximum absolute atomic E-state index is 5.74. The lowest BCUT2D eigenvalue weighted by Gasteiger charge is -2.36. The summed E-state index contributed by atoms with van der Waals surface area (Å²) < 4.78 is 22.4. The molecule has 0 bridgehead atoms. The molecular weight excluding hydrogens is 350 g/mol. The zero-order valence-corrected chi connectivity index (χ0v) is 14.9. The van der Waals surface area contributed by atoms with Crippen molar-refractivity contribution < 1.29 is 18.9 Å². The quantitative estimate of drug-likeness (QED) is 0.600. The van der Waals surface area contributed by atoms with E-state index < -0.39 is 0 Å². The van der Waals surface area contributed by atoms with Gasteiger partial charge in [0.05, 0.1) is 5.69 Å². The molecule has 130 valence electrons. The van der Waals surface area contributed by atoms with Crippen LogP contribution in [0.15, 0.2) is 36.4 Å². The first kappa shape index (κ1) is 14.4. The van der Waals surface area contributed by atoms with Crippen LogP contribution in [0.3, 0.4) is 0 Å². The Morgan fingerprint density at radius 1 is 0.885 bits per heavy atom. The maximum Gasteiger partial charge on any atom is 0.231 e. The first-order valence-electron chi connectivity index (χ1n) is 8.42. The Hall–Kier alpha value is -2.73. The van der Waals surface area contributed by atoms with E-state index in [1.54, 1.807) is 0 Å². The van der Waals surface area contributed by atoms with Gasteiger partial charge in [0.2, 0.25) is 13.6 Å². The van der Waals surface area contributed by atoms with Crippen molar-refractivity contribution in [2.75, 3.05) is 25.5 Å². The monoisotopic (exact) mass is 365 g/mol. The van der Waals surface area contributed by atoms with Gasteiger partial charge in [0.15, 0.2) is 23.0 Å². The molecule has 0 aliphatic carbocycles. The smallest absolute Gasteiger partial charge is 0.231 e. The summed E-state index contributed by atoms with van der Waals surface area (Å²) in [7, 11) is 2.05. The summed E-state index contributed by atoms with van der Waals surface area (Å²) in [5, 5.41) is 2.10. The van der Waals surface area contributed by atoms with Gasteiger partial charge >= 0.3 is 0 Å². The second kappa shape index (κ2) is 4.92. The standard InChI is InChI=1S/C20H15NO4S/c1-21-18-12(3-2-10-6-15-16(7-13(10)18)24-8-23-15)11-4-5-14-19(25-9-22-14)17(11)20(21)26/h2-7,20,26H,8-9H2,1H3/t20-/m0/s1. The Labute approximate surface area is 155 Å². The van der Waals surface area contributed by atoms with Crippen LogP contribution in [0.5, 0.6) is 23.0 Å². The van der Waals surface area contributed by atoms with Crippen molar-refractivity contribution in [3.8, 4) is 34.1 Å². The lowest BCUT2D eigenvalue weighted by molar-refractivity contribution is 0.173. The van der Waals surface area contributed by atoms with Crippen LogP contribution < -0.4 is 23.8 Å². The fourth-order valence-corrected chi connectivity index (χ4v) is 4.47. The minimum atomic E-state index is -0.134. The molecule has 0 spiro atoms. The molecule has 0 N–H and O–H groups in total. The number of hydrogen-bond acceptors (Lipinski definition) is 6. The molecule has 1 atom stereocenters. The Balaban J connectivity index is 1.68. The van der Waals surface area contributed by atoms with Gasteiger partial charge in [0, 0.05) is 23.6 Å². The summed E-state index contributed by atoms with van der Waals surface area (Å²) in [4.78, 5) is 2.17. The van der Waals surface area contributed by atoms with E-state index in [1.165, 1.54) is 0 Å². The van der Waals surface area contributed by atoms with Crippen LogP contribution in [0.2, 0.25) is 0 Å². The van der Waals surface area contributed by atoms with Crippen LogP contribution in [0, 0.1) is 0 Å². The maximum atomic E-state index is 5.74. The number of benzene rings is 3. The molecule has 3 aromatic rings. The van der Waals surface area contributed by atoms with E-state index in [1.807, 2.05) is 12.1 Å². The van der Waals surface area contributed by atoms with Gasteiger partial charge in [-0.3, -0.25) is 0 Å². The molecule has 0 saturated heterocycles. The van der Waals surface area contributed by atoms with Gasteiger partial charge in [0.25, 0.3) is 0 Å². The van der Waals surface area contributed by atoms with Crippen molar-refractivity contribution in [1.82, 2.24) is 0 Å². The fourth-order valence-electron chi connectivity index (χ4n) is 4.10. The lowest BCUT2D eigenvalue weighted by Crippen LogP contribution is -2.25. The highest BCUT2D eigenvalue weighted by Crippen LogP contribution is 2.55. The summed E-state index contributed by atoms with van der Waals surface area (Å²) in [5.41, 5.74) is 4.46. The van der Waals surface area contributed by atoms with E-state index in [4.69, 9.17) is 31.6 Å². The minimum Gasteiger partial charge on any atom is -0.454 e. The highest BCUT2D eigenvalue weighted by molar-refractivity contribution is 7.80. The van der Waals surface area contributed by atoms with Crippen LogP contribution in [-0.4, -0.2) is 20.6 Å². The van der Waals surface area contributed by atoms with E-state index in [0.29, 0.717) is 0 Å². The van der Waals surface area contributed by atoms with Gasteiger partial charge in [0.1, 0.15) is 5.37 Å². The molecule has 0 fully saturated rings. The van der Waals surface area contributed by atoms with Crippen LogP contribution in [0.25, 0.3) is 21.9 Å². The van der Waals surface area contributed by atoms with Crippen molar-refractivity contribution in [2.24, 2.45) is 0 Å². The van der Waals surface area contributed by atoms with Gasteiger partial charge in [-0.1, -0.05) is 12.1 Å². The molecule has 3 aliphatic heterocycles.